The highest BCUT2D eigenvalue weighted by Crippen LogP contribution is 2.28. The Morgan fingerprint density at radius 2 is 2.19 bits per heavy atom. The lowest BCUT2D eigenvalue weighted by Gasteiger charge is -2.20. The normalized spacial score (nSPS) is 12.4. The molecular weight excluding hydrogens is 312 g/mol. The van der Waals surface area contributed by atoms with E-state index in [0.717, 1.165) is 0 Å². The number of rotatable bonds is 8. The molecule has 9 heteroatoms. The summed E-state index contributed by atoms with van der Waals surface area (Å²) in [6.07, 6.45) is 2.38. The second-order valence-corrected chi connectivity index (χ2v) is 7.21. The average Bonchev–Trinajstić information content (AvgIpc) is 2.98. The Bertz CT molecular complexity index is 686. The molecule has 0 atom stereocenters. The number of aliphatic hydroxyl groups is 1. The third-order valence-electron chi connectivity index (χ3n) is 2.97. The molecule has 0 spiro atoms. The molecule has 0 aliphatic heterocycles. The van der Waals surface area contributed by atoms with Crippen molar-refractivity contribution in [3.05, 3.63) is 11.6 Å². The van der Waals surface area contributed by atoms with Crippen LogP contribution in [0, 0.1) is 0 Å². The van der Waals surface area contributed by atoms with Gasteiger partial charge in [0.25, 0.3) is 10.0 Å². The fraction of sp³-hybridized carbons (Fsp3) is 0.583. The number of fused-ring (bicyclic) bond motifs is 1. The van der Waals surface area contributed by atoms with Gasteiger partial charge in [0.2, 0.25) is 0 Å². The van der Waals surface area contributed by atoms with Crippen molar-refractivity contribution in [3.63, 3.8) is 0 Å². The van der Waals surface area contributed by atoms with Crippen LogP contribution in [0.1, 0.15) is 20.3 Å². The standard InChI is InChI=1S/C12H20N4O3S2/c1-3-5-15(6-8-17)21(18,19)11-10(13-4-2)14-12-16(11)7-9-20-12/h7,9,13,17H,3-6,8H2,1-2H3. The van der Waals surface area contributed by atoms with Crippen LogP contribution in [0.15, 0.2) is 16.6 Å². The van der Waals surface area contributed by atoms with Gasteiger partial charge in [0.05, 0.1) is 6.61 Å². The minimum Gasteiger partial charge on any atom is -0.395 e. The zero-order valence-electron chi connectivity index (χ0n) is 12.1. The van der Waals surface area contributed by atoms with Gasteiger partial charge in [-0.1, -0.05) is 6.92 Å². The number of thiazole rings is 1. The van der Waals surface area contributed by atoms with E-state index < -0.39 is 10.0 Å². The molecule has 0 saturated heterocycles. The van der Waals surface area contributed by atoms with Crippen molar-refractivity contribution in [2.75, 3.05) is 31.6 Å². The van der Waals surface area contributed by atoms with Crippen molar-refractivity contribution in [2.24, 2.45) is 0 Å². The van der Waals surface area contributed by atoms with Crippen LogP contribution >= 0.6 is 11.3 Å². The van der Waals surface area contributed by atoms with Gasteiger partial charge in [-0.05, 0) is 13.3 Å². The van der Waals surface area contributed by atoms with E-state index in [2.05, 4.69) is 10.3 Å². The lowest BCUT2D eigenvalue weighted by atomic mass is 10.5. The Labute approximate surface area is 128 Å². The van der Waals surface area contributed by atoms with Gasteiger partial charge >= 0.3 is 0 Å². The molecule has 2 rings (SSSR count). The van der Waals surface area contributed by atoms with Crippen molar-refractivity contribution >= 4 is 32.1 Å². The van der Waals surface area contributed by atoms with E-state index in [1.54, 1.807) is 16.0 Å². The van der Waals surface area contributed by atoms with E-state index in [0.29, 0.717) is 30.3 Å². The molecule has 0 unspecified atom stereocenters. The highest BCUT2D eigenvalue weighted by atomic mass is 32.2. The van der Waals surface area contributed by atoms with E-state index in [9.17, 15) is 8.42 Å². The molecule has 0 amide bonds. The summed E-state index contributed by atoms with van der Waals surface area (Å²) in [5.74, 6) is 0.364. The molecule has 2 heterocycles. The molecular formula is C12H20N4O3S2. The summed E-state index contributed by atoms with van der Waals surface area (Å²) < 4.78 is 28.7. The molecule has 2 aromatic heterocycles. The number of nitrogens with one attached hydrogen (secondary N) is 1. The summed E-state index contributed by atoms with van der Waals surface area (Å²) in [6, 6.07) is 0. The van der Waals surface area contributed by atoms with Gasteiger partial charge in [0.15, 0.2) is 15.8 Å². The van der Waals surface area contributed by atoms with Crippen molar-refractivity contribution in [3.8, 4) is 0 Å². The highest BCUT2D eigenvalue weighted by molar-refractivity contribution is 7.89. The Kier molecular flexibility index (Phi) is 5.20. The van der Waals surface area contributed by atoms with Gasteiger partial charge in [0, 0.05) is 31.2 Å². The number of anilines is 1. The monoisotopic (exact) mass is 332 g/mol. The minimum absolute atomic E-state index is 0.0824. The van der Waals surface area contributed by atoms with Crippen LogP contribution in [0.25, 0.3) is 4.96 Å². The van der Waals surface area contributed by atoms with Crippen LogP contribution in [0.2, 0.25) is 0 Å². The number of aromatic nitrogens is 2. The molecule has 0 fully saturated rings. The van der Waals surface area contributed by atoms with Crippen molar-refractivity contribution in [2.45, 2.75) is 25.3 Å². The van der Waals surface area contributed by atoms with E-state index in [4.69, 9.17) is 5.11 Å². The molecule has 0 aliphatic rings. The van der Waals surface area contributed by atoms with Gasteiger partial charge in [-0.3, -0.25) is 4.40 Å². The number of sulfonamides is 1. The first-order chi connectivity index (χ1) is 10.1. The molecule has 0 aliphatic carbocycles. The van der Waals surface area contributed by atoms with Gasteiger partial charge in [-0.25, -0.2) is 13.4 Å². The maximum Gasteiger partial charge on any atom is 0.262 e. The summed E-state index contributed by atoms with van der Waals surface area (Å²) in [7, 11) is -3.71. The third kappa shape index (κ3) is 3.05. The molecule has 2 N–H and O–H groups in total. The second-order valence-electron chi connectivity index (χ2n) is 4.48. The topological polar surface area (TPSA) is 86.9 Å². The first kappa shape index (κ1) is 16.2. The molecule has 0 bridgehead atoms. The Hall–Kier alpha value is -1.16. The number of imidazole rings is 1. The SMILES string of the molecule is CCCN(CCO)S(=O)(=O)c1c(NCC)nc2sccn12. The largest absolute Gasteiger partial charge is 0.395 e. The molecule has 118 valence electrons. The Balaban J connectivity index is 2.55. The third-order valence-corrected chi connectivity index (χ3v) is 5.65. The number of nitrogens with zero attached hydrogens (tertiary/aromatic N) is 3. The average molecular weight is 332 g/mol. The number of hydrogen-bond donors (Lipinski definition) is 2. The lowest BCUT2D eigenvalue weighted by molar-refractivity contribution is 0.253. The molecule has 2 aromatic rings. The van der Waals surface area contributed by atoms with Crippen molar-refractivity contribution in [1.29, 1.82) is 0 Å². The maximum atomic E-state index is 12.9. The van der Waals surface area contributed by atoms with Gasteiger partial charge in [-0.2, -0.15) is 4.31 Å². The zero-order chi connectivity index (χ0) is 15.5. The minimum atomic E-state index is -3.71. The molecule has 0 saturated carbocycles. The molecule has 0 aromatic carbocycles. The number of hydrogen-bond acceptors (Lipinski definition) is 6. The van der Waals surface area contributed by atoms with Crippen LogP contribution in [-0.2, 0) is 10.0 Å². The number of aliphatic hydroxyl groups excluding tert-OH is 1. The quantitative estimate of drug-likeness (QED) is 0.759. The van der Waals surface area contributed by atoms with Crippen LogP contribution in [0.4, 0.5) is 5.82 Å². The van der Waals surface area contributed by atoms with Crippen molar-refractivity contribution in [1.82, 2.24) is 13.7 Å². The van der Waals surface area contributed by atoms with Gasteiger partial charge < -0.3 is 10.4 Å². The lowest BCUT2D eigenvalue weighted by Crippen LogP contribution is -2.35. The smallest absolute Gasteiger partial charge is 0.262 e. The molecule has 7 nitrogen and oxygen atoms in total. The summed E-state index contributed by atoms with van der Waals surface area (Å²) >= 11 is 1.38. The summed E-state index contributed by atoms with van der Waals surface area (Å²) in [5.41, 5.74) is 0. The van der Waals surface area contributed by atoms with Crippen LogP contribution in [-0.4, -0.2) is 53.5 Å². The first-order valence-corrected chi connectivity index (χ1v) is 9.18. The maximum absolute atomic E-state index is 12.9. The van der Waals surface area contributed by atoms with Gasteiger partial charge in [-0.15, -0.1) is 11.3 Å². The second kappa shape index (κ2) is 6.73. The predicted octanol–water partition coefficient (Wildman–Crippen LogP) is 1.22. The molecule has 21 heavy (non-hydrogen) atoms. The zero-order valence-corrected chi connectivity index (χ0v) is 13.7. The fourth-order valence-corrected chi connectivity index (χ4v) is 4.65. The van der Waals surface area contributed by atoms with E-state index in [1.165, 1.54) is 15.6 Å². The van der Waals surface area contributed by atoms with Crippen LogP contribution in [0.5, 0.6) is 0 Å². The Morgan fingerprint density at radius 1 is 1.43 bits per heavy atom. The summed E-state index contributed by atoms with van der Waals surface area (Å²) in [4.78, 5) is 4.96. The van der Waals surface area contributed by atoms with E-state index >= 15 is 0 Å². The highest BCUT2D eigenvalue weighted by Gasteiger charge is 2.31. The summed E-state index contributed by atoms with van der Waals surface area (Å²) in [6.45, 7) is 4.62. The van der Waals surface area contributed by atoms with Crippen molar-refractivity contribution < 1.29 is 13.5 Å². The predicted molar refractivity (Wildman–Crippen MR) is 83.4 cm³/mol. The Morgan fingerprint density at radius 3 is 2.81 bits per heavy atom. The fourth-order valence-electron chi connectivity index (χ4n) is 2.13. The first-order valence-electron chi connectivity index (χ1n) is 6.86. The van der Waals surface area contributed by atoms with E-state index in [1.807, 2.05) is 13.8 Å². The van der Waals surface area contributed by atoms with Gasteiger partial charge in [0.1, 0.15) is 0 Å². The van der Waals surface area contributed by atoms with Crippen LogP contribution in [0.3, 0.4) is 0 Å². The van der Waals surface area contributed by atoms with E-state index in [-0.39, 0.29) is 18.2 Å². The summed E-state index contributed by atoms with van der Waals surface area (Å²) in [5, 5.41) is 14.1. The molecule has 0 radical (unpaired) electrons. The van der Waals surface area contributed by atoms with Crippen LogP contribution < -0.4 is 5.32 Å².